The zero-order chi connectivity index (χ0) is 15.0. The van der Waals surface area contributed by atoms with E-state index in [-0.39, 0.29) is 17.6 Å². The van der Waals surface area contributed by atoms with E-state index in [0.29, 0.717) is 11.9 Å². The van der Waals surface area contributed by atoms with Crippen molar-refractivity contribution in [1.29, 1.82) is 0 Å². The van der Waals surface area contributed by atoms with E-state index in [1.165, 1.54) is 24.8 Å². The van der Waals surface area contributed by atoms with Crippen LogP contribution in [0.1, 0.15) is 64.6 Å². The molecule has 0 radical (unpaired) electrons. The maximum absolute atomic E-state index is 12.9. The van der Waals surface area contributed by atoms with Crippen molar-refractivity contribution in [3.8, 4) is 0 Å². The fourth-order valence-electron chi connectivity index (χ4n) is 3.95. The summed E-state index contributed by atoms with van der Waals surface area (Å²) in [6, 6.07) is 2.48. The molecule has 1 N–H and O–H groups in total. The van der Waals surface area contributed by atoms with Crippen LogP contribution in [0.25, 0.3) is 0 Å². The van der Waals surface area contributed by atoms with Crippen LogP contribution < -0.4 is 5.32 Å². The minimum atomic E-state index is -0.0207. The highest BCUT2D eigenvalue weighted by atomic mass is 32.1. The summed E-state index contributed by atoms with van der Waals surface area (Å²) in [5.74, 6) is 0.300. The molecule has 0 bridgehead atoms. The molecule has 1 amide bonds. The number of hydrogen-bond acceptors (Lipinski definition) is 3. The van der Waals surface area contributed by atoms with Gasteiger partial charge in [0, 0.05) is 6.04 Å². The summed E-state index contributed by atoms with van der Waals surface area (Å²) in [6.07, 6.45) is 5.82. The van der Waals surface area contributed by atoms with E-state index in [0.717, 1.165) is 12.8 Å². The lowest BCUT2D eigenvalue weighted by Crippen LogP contribution is -2.49. The summed E-state index contributed by atoms with van der Waals surface area (Å²) in [4.78, 5) is 15.1. The molecule has 3 unspecified atom stereocenters. The van der Waals surface area contributed by atoms with Gasteiger partial charge in [-0.1, -0.05) is 33.6 Å². The lowest BCUT2D eigenvalue weighted by atomic mass is 9.72. The molecule has 2 fully saturated rings. The van der Waals surface area contributed by atoms with Crippen LogP contribution in [0.15, 0.2) is 16.8 Å². The zero-order valence-corrected chi connectivity index (χ0v) is 14.1. The van der Waals surface area contributed by atoms with Gasteiger partial charge in [0.25, 0.3) is 0 Å². The summed E-state index contributed by atoms with van der Waals surface area (Å²) in [5.41, 5.74) is 1.46. The third-order valence-corrected chi connectivity index (χ3v) is 5.94. The molecule has 2 aliphatic rings. The Bertz CT molecular complexity index is 497. The van der Waals surface area contributed by atoms with E-state index in [4.69, 9.17) is 0 Å². The van der Waals surface area contributed by atoms with Crippen LogP contribution in [0.5, 0.6) is 0 Å². The number of rotatable bonds is 3. The molecule has 0 spiro atoms. The highest BCUT2D eigenvalue weighted by Crippen LogP contribution is 2.43. The van der Waals surface area contributed by atoms with Crippen molar-refractivity contribution in [3.05, 3.63) is 22.4 Å². The predicted molar refractivity (Wildman–Crippen MR) is 87.2 cm³/mol. The zero-order valence-electron chi connectivity index (χ0n) is 13.3. The average molecular weight is 306 g/mol. The third kappa shape index (κ3) is 2.64. The maximum Gasteiger partial charge on any atom is 0.241 e. The SMILES string of the molecule is CCC1NC(c2ccsc2)N(C2CCCCC2(C)C)C1=O. The molecule has 3 atom stereocenters. The van der Waals surface area contributed by atoms with Crippen molar-refractivity contribution in [1.82, 2.24) is 10.2 Å². The van der Waals surface area contributed by atoms with Crippen LogP contribution in [0.3, 0.4) is 0 Å². The lowest BCUT2D eigenvalue weighted by Gasteiger charge is -2.45. The van der Waals surface area contributed by atoms with E-state index >= 15 is 0 Å². The molecule has 1 saturated carbocycles. The molecule has 1 aromatic heterocycles. The Morgan fingerprint density at radius 3 is 2.86 bits per heavy atom. The molecular formula is C17H26N2OS. The highest BCUT2D eigenvalue weighted by molar-refractivity contribution is 7.07. The molecule has 3 rings (SSSR count). The summed E-state index contributed by atoms with van der Waals surface area (Å²) >= 11 is 1.71. The van der Waals surface area contributed by atoms with Crippen molar-refractivity contribution < 1.29 is 4.79 Å². The Labute approximate surface area is 131 Å². The van der Waals surface area contributed by atoms with Gasteiger partial charge in [-0.2, -0.15) is 11.3 Å². The maximum atomic E-state index is 12.9. The monoisotopic (exact) mass is 306 g/mol. The van der Waals surface area contributed by atoms with Gasteiger partial charge in [0.05, 0.1) is 6.04 Å². The van der Waals surface area contributed by atoms with Gasteiger partial charge in [-0.05, 0) is 47.1 Å². The van der Waals surface area contributed by atoms with Gasteiger partial charge in [0.1, 0.15) is 6.17 Å². The molecule has 1 aromatic rings. The second-order valence-corrected chi connectivity index (χ2v) is 7.86. The fourth-order valence-corrected chi connectivity index (χ4v) is 4.63. The first kappa shape index (κ1) is 15.0. The van der Waals surface area contributed by atoms with E-state index in [1.807, 2.05) is 0 Å². The summed E-state index contributed by atoms with van der Waals surface area (Å²) in [5, 5.41) is 7.84. The van der Waals surface area contributed by atoms with Crippen LogP contribution in [0.2, 0.25) is 0 Å². The van der Waals surface area contributed by atoms with E-state index in [2.05, 4.69) is 47.8 Å². The van der Waals surface area contributed by atoms with Gasteiger partial charge >= 0.3 is 0 Å². The van der Waals surface area contributed by atoms with Crippen LogP contribution in [-0.4, -0.2) is 22.9 Å². The summed E-state index contributed by atoms with van der Waals surface area (Å²) < 4.78 is 0. The standard InChI is InChI=1S/C17H26N2OS/c1-4-13-16(20)19(14-7-5-6-9-17(14,2)3)15(18-13)12-8-10-21-11-12/h8,10-11,13-15,18H,4-7,9H2,1-3H3. The van der Waals surface area contributed by atoms with Crippen molar-refractivity contribution in [2.45, 2.75) is 71.1 Å². The Kier molecular flexibility index (Phi) is 4.10. The number of thiophene rings is 1. The molecule has 1 aliphatic heterocycles. The Hall–Kier alpha value is -0.870. The molecule has 116 valence electrons. The largest absolute Gasteiger partial charge is 0.318 e. The normalized spacial score (nSPS) is 32.6. The molecule has 2 heterocycles. The summed E-state index contributed by atoms with van der Waals surface area (Å²) in [6.45, 7) is 6.75. The van der Waals surface area contributed by atoms with Crippen LogP contribution in [0, 0.1) is 5.41 Å². The molecule has 1 aliphatic carbocycles. The molecule has 0 aromatic carbocycles. The average Bonchev–Trinajstić information content (AvgIpc) is 3.06. The highest BCUT2D eigenvalue weighted by Gasteiger charge is 2.47. The summed E-state index contributed by atoms with van der Waals surface area (Å²) in [7, 11) is 0. The molecule has 3 nitrogen and oxygen atoms in total. The lowest BCUT2D eigenvalue weighted by molar-refractivity contribution is -0.136. The van der Waals surface area contributed by atoms with Crippen molar-refractivity contribution in [3.63, 3.8) is 0 Å². The van der Waals surface area contributed by atoms with Crippen molar-refractivity contribution in [2.24, 2.45) is 5.41 Å². The minimum Gasteiger partial charge on any atom is -0.318 e. The third-order valence-electron chi connectivity index (χ3n) is 5.24. The van der Waals surface area contributed by atoms with Crippen molar-refractivity contribution >= 4 is 17.2 Å². The van der Waals surface area contributed by atoms with Crippen LogP contribution >= 0.6 is 11.3 Å². The minimum absolute atomic E-state index is 0.0207. The number of hydrogen-bond donors (Lipinski definition) is 1. The van der Waals surface area contributed by atoms with Gasteiger partial charge in [0.15, 0.2) is 0 Å². The second kappa shape index (κ2) is 5.73. The number of nitrogens with one attached hydrogen (secondary N) is 1. The van der Waals surface area contributed by atoms with E-state index in [9.17, 15) is 4.79 Å². The number of nitrogens with zero attached hydrogens (tertiary/aromatic N) is 1. The number of carbonyl (C=O) groups is 1. The molecule has 4 heteroatoms. The Balaban J connectivity index is 1.94. The molecular weight excluding hydrogens is 280 g/mol. The molecule has 1 saturated heterocycles. The van der Waals surface area contributed by atoms with Gasteiger partial charge in [-0.25, -0.2) is 0 Å². The van der Waals surface area contributed by atoms with Gasteiger partial charge in [-0.15, -0.1) is 0 Å². The quantitative estimate of drug-likeness (QED) is 0.918. The van der Waals surface area contributed by atoms with Crippen LogP contribution in [-0.2, 0) is 4.79 Å². The second-order valence-electron chi connectivity index (χ2n) is 7.08. The first-order chi connectivity index (χ1) is 10.0. The Morgan fingerprint density at radius 2 is 2.24 bits per heavy atom. The predicted octanol–water partition coefficient (Wildman–Crippen LogP) is 3.93. The van der Waals surface area contributed by atoms with E-state index < -0.39 is 0 Å². The fraction of sp³-hybridized carbons (Fsp3) is 0.706. The first-order valence-corrected chi connectivity index (χ1v) is 9.09. The van der Waals surface area contributed by atoms with E-state index in [1.54, 1.807) is 11.3 Å². The smallest absolute Gasteiger partial charge is 0.241 e. The van der Waals surface area contributed by atoms with Crippen LogP contribution in [0.4, 0.5) is 0 Å². The van der Waals surface area contributed by atoms with Gasteiger partial charge in [0.2, 0.25) is 5.91 Å². The van der Waals surface area contributed by atoms with Gasteiger partial charge in [-0.3, -0.25) is 10.1 Å². The first-order valence-electron chi connectivity index (χ1n) is 8.15. The molecule has 21 heavy (non-hydrogen) atoms. The topological polar surface area (TPSA) is 32.3 Å². The Morgan fingerprint density at radius 1 is 1.43 bits per heavy atom. The van der Waals surface area contributed by atoms with Gasteiger partial charge < -0.3 is 4.90 Å². The number of amides is 1. The van der Waals surface area contributed by atoms with Crippen molar-refractivity contribution in [2.75, 3.05) is 0 Å². The number of carbonyl (C=O) groups excluding carboxylic acids is 1.